The fourth-order valence-corrected chi connectivity index (χ4v) is 2.74. The predicted molar refractivity (Wildman–Crippen MR) is 108 cm³/mol. The Labute approximate surface area is 159 Å². The summed E-state index contributed by atoms with van der Waals surface area (Å²) in [6.45, 7) is 2.58. The number of nitrogens with zero attached hydrogens (tertiary/aromatic N) is 3. The van der Waals surface area contributed by atoms with E-state index in [1.54, 1.807) is 14.2 Å². The van der Waals surface area contributed by atoms with Gasteiger partial charge in [0, 0.05) is 31.0 Å². The average Bonchev–Trinajstić information content (AvgIpc) is 2.71. The molecule has 3 rings (SSSR count). The van der Waals surface area contributed by atoms with Crippen molar-refractivity contribution in [1.29, 1.82) is 0 Å². The predicted octanol–water partition coefficient (Wildman–Crippen LogP) is 4.18. The summed E-state index contributed by atoms with van der Waals surface area (Å²) in [5.74, 6) is 2.84. The van der Waals surface area contributed by atoms with Crippen LogP contribution in [0.1, 0.15) is 11.3 Å². The molecule has 1 aromatic heterocycles. The van der Waals surface area contributed by atoms with Crippen LogP contribution < -0.4 is 19.7 Å². The number of para-hydroxylation sites is 1. The summed E-state index contributed by atoms with van der Waals surface area (Å²) in [7, 11) is 5.22. The Hall–Kier alpha value is -3.28. The van der Waals surface area contributed by atoms with Gasteiger partial charge in [-0.1, -0.05) is 24.3 Å². The van der Waals surface area contributed by atoms with Crippen LogP contribution in [0, 0.1) is 6.92 Å². The lowest BCUT2D eigenvalue weighted by Crippen LogP contribution is -2.15. The molecule has 0 saturated heterocycles. The lowest BCUT2D eigenvalue weighted by atomic mass is 10.2. The van der Waals surface area contributed by atoms with E-state index in [2.05, 4.69) is 15.3 Å². The first-order chi connectivity index (χ1) is 13.1. The molecule has 0 amide bonds. The molecule has 0 saturated carbocycles. The summed E-state index contributed by atoms with van der Waals surface area (Å²) in [5, 5.41) is 3.36. The molecule has 0 aliphatic heterocycles. The second kappa shape index (κ2) is 8.40. The van der Waals surface area contributed by atoms with E-state index in [0.29, 0.717) is 24.0 Å². The second-order valence-corrected chi connectivity index (χ2v) is 6.13. The Balaban J connectivity index is 1.77. The van der Waals surface area contributed by atoms with E-state index >= 15 is 0 Å². The van der Waals surface area contributed by atoms with Crippen molar-refractivity contribution < 1.29 is 9.47 Å². The molecule has 0 aliphatic carbocycles. The summed E-state index contributed by atoms with van der Waals surface area (Å²) < 4.78 is 10.6. The second-order valence-electron chi connectivity index (χ2n) is 6.13. The number of aryl methyl sites for hydroxylation is 1. The molecule has 3 aromatic rings. The van der Waals surface area contributed by atoms with Crippen molar-refractivity contribution >= 4 is 17.5 Å². The minimum atomic E-state index is 0.616. The Morgan fingerprint density at radius 1 is 0.926 bits per heavy atom. The minimum Gasteiger partial charge on any atom is -0.493 e. The molecule has 6 heteroatoms. The normalized spacial score (nSPS) is 10.4. The Morgan fingerprint density at radius 3 is 2.37 bits per heavy atom. The minimum absolute atomic E-state index is 0.616. The topological polar surface area (TPSA) is 59.5 Å². The third-order valence-corrected chi connectivity index (χ3v) is 4.21. The summed E-state index contributed by atoms with van der Waals surface area (Å²) in [6, 6.07) is 17.8. The number of nitrogens with one attached hydrogen (secondary N) is 1. The number of aromatic nitrogens is 2. The lowest BCUT2D eigenvalue weighted by Gasteiger charge is -2.18. The molecule has 27 heavy (non-hydrogen) atoms. The molecule has 1 N–H and O–H groups in total. The van der Waals surface area contributed by atoms with Gasteiger partial charge >= 0.3 is 0 Å². The zero-order chi connectivity index (χ0) is 19.2. The van der Waals surface area contributed by atoms with Crippen LogP contribution in [-0.2, 0) is 6.54 Å². The highest BCUT2D eigenvalue weighted by Gasteiger charge is 2.10. The van der Waals surface area contributed by atoms with Crippen molar-refractivity contribution in [3.05, 3.63) is 65.9 Å². The number of methoxy groups -OCH3 is 2. The monoisotopic (exact) mass is 364 g/mol. The summed E-state index contributed by atoms with van der Waals surface area (Å²) in [4.78, 5) is 11.2. The van der Waals surface area contributed by atoms with Gasteiger partial charge in [-0.2, -0.15) is 4.98 Å². The molecule has 140 valence electrons. The number of hydrogen-bond acceptors (Lipinski definition) is 6. The standard InChI is InChI=1S/C21H24N4O2/c1-15-12-20(22-14-16-10-11-18(26-3)19(13-16)27-4)24-21(23-15)25(2)17-8-6-5-7-9-17/h5-13H,14H2,1-4H3,(H,22,23,24). The van der Waals surface area contributed by atoms with Gasteiger partial charge < -0.3 is 19.7 Å². The van der Waals surface area contributed by atoms with Crippen molar-refractivity contribution in [3.63, 3.8) is 0 Å². The van der Waals surface area contributed by atoms with Crippen LogP contribution in [-0.4, -0.2) is 31.2 Å². The fourth-order valence-electron chi connectivity index (χ4n) is 2.74. The van der Waals surface area contributed by atoms with Crippen LogP contribution in [0.15, 0.2) is 54.6 Å². The number of anilines is 3. The number of ether oxygens (including phenoxy) is 2. The van der Waals surface area contributed by atoms with Gasteiger partial charge in [-0.25, -0.2) is 4.98 Å². The molecule has 0 fully saturated rings. The van der Waals surface area contributed by atoms with Crippen LogP contribution >= 0.6 is 0 Å². The van der Waals surface area contributed by atoms with E-state index in [0.717, 1.165) is 22.8 Å². The number of benzene rings is 2. The molecule has 1 heterocycles. The van der Waals surface area contributed by atoms with Gasteiger partial charge in [-0.15, -0.1) is 0 Å². The van der Waals surface area contributed by atoms with E-state index < -0.39 is 0 Å². The van der Waals surface area contributed by atoms with Gasteiger partial charge in [-0.05, 0) is 36.8 Å². The quantitative estimate of drug-likeness (QED) is 0.679. The first-order valence-corrected chi connectivity index (χ1v) is 8.70. The molecule has 6 nitrogen and oxygen atoms in total. The summed E-state index contributed by atoms with van der Waals surface area (Å²) in [6.07, 6.45) is 0. The highest BCUT2D eigenvalue weighted by molar-refractivity contribution is 5.58. The van der Waals surface area contributed by atoms with Crippen molar-refractivity contribution in [3.8, 4) is 11.5 Å². The summed E-state index contributed by atoms with van der Waals surface area (Å²) >= 11 is 0. The maximum absolute atomic E-state index is 5.36. The van der Waals surface area contributed by atoms with Gasteiger partial charge in [0.1, 0.15) is 5.82 Å². The van der Waals surface area contributed by atoms with E-state index in [1.165, 1.54) is 0 Å². The molecule has 0 spiro atoms. The summed E-state index contributed by atoms with van der Waals surface area (Å²) in [5.41, 5.74) is 3.01. The van der Waals surface area contributed by atoms with Crippen LogP contribution in [0.5, 0.6) is 11.5 Å². The van der Waals surface area contributed by atoms with Crippen molar-refractivity contribution in [2.45, 2.75) is 13.5 Å². The van der Waals surface area contributed by atoms with Gasteiger partial charge in [0.25, 0.3) is 0 Å². The van der Waals surface area contributed by atoms with E-state index in [4.69, 9.17) is 9.47 Å². The molecular weight excluding hydrogens is 340 g/mol. The molecule has 0 radical (unpaired) electrons. The largest absolute Gasteiger partial charge is 0.493 e. The maximum Gasteiger partial charge on any atom is 0.231 e. The van der Waals surface area contributed by atoms with Gasteiger partial charge in [-0.3, -0.25) is 0 Å². The third kappa shape index (κ3) is 4.47. The molecule has 0 aliphatic rings. The van der Waals surface area contributed by atoms with Crippen LogP contribution in [0.3, 0.4) is 0 Å². The van der Waals surface area contributed by atoms with Gasteiger partial charge in [0.2, 0.25) is 5.95 Å². The lowest BCUT2D eigenvalue weighted by molar-refractivity contribution is 0.354. The smallest absolute Gasteiger partial charge is 0.231 e. The number of hydrogen-bond donors (Lipinski definition) is 1. The molecule has 2 aromatic carbocycles. The van der Waals surface area contributed by atoms with Crippen LogP contribution in [0.25, 0.3) is 0 Å². The van der Waals surface area contributed by atoms with Crippen molar-refractivity contribution in [2.75, 3.05) is 31.5 Å². The van der Waals surface area contributed by atoms with Crippen molar-refractivity contribution in [2.24, 2.45) is 0 Å². The SMILES string of the molecule is COc1ccc(CNc2cc(C)nc(N(C)c3ccccc3)n2)cc1OC. The highest BCUT2D eigenvalue weighted by Crippen LogP contribution is 2.28. The Morgan fingerprint density at radius 2 is 1.67 bits per heavy atom. The third-order valence-electron chi connectivity index (χ3n) is 4.21. The van der Waals surface area contributed by atoms with Crippen molar-refractivity contribution in [1.82, 2.24) is 9.97 Å². The number of rotatable bonds is 7. The molecule has 0 bridgehead atoms. The van der Waals surface area contributed by atoms with E-state index in [-0.39, 0.29) is 0 Å². The first-order valence-electron chi connectivity index (χ1n) is 8.70. The Bertz CT molecular complexity index is 900. The van der Waals surface area contributed by atoms with Gasteiger partial charge in [0.05, 0.1) is 14.2 Å². The van der Waals surface area contributed by atoms with Crippen LogP contribution in [0.4, 0.5) is 17.5 Å². The molecular formula is C21H24N4O2. The van der Waals surface area contributed by atoms with E-state index in [9.17, 15) is 0 Å². The first kappa shape index (κ1) is 18.5. The maximum atomic E-state index is 5.36. The average molecular weight is 364 g/mol. The highest BCUT2D eigenvalue weighted by atomic mass is 16.5. The molecule has 0 unspecified atom stereocenters. The fraction of sp³-hybridized carbons (Fsp3) is 0.238. The Kier molecular flexibility index (Phi) is 5.76. The molecule has 0 atom stereocenters. The zero-order valence-corrected chi connectivity index (χ0v) is 16.1. The van der Waals surface area contributed by atoms with Gasteiger partial charge in [0.15, 0.2) is 11.5 Å². The zero-order valence-electron chi connectivity index (χ0n) is 16.1. The van der Waals surface area contributed by atoms with E-state index in [1.807, 2.05) is 73.5 Å². The van der Waals surface area contributed by atoms with Crippen LogP contribution in [0.2, 0.25) is 0 Å².